The van der Waals surface area contributed by atoms with Gasteiger partial charge in [0.2, 0.25) is 5.91 Å². The van der Waals surface area contributed by atoms with E-state index in [0.29, 0.717) is 18.8 Å². The molecule has 114 valence electrons. The lowest BCUT2D eigenvalue weighted by molar-refractivity contribution is -0.128. The molecule has 1 amide bonds. The number of carbonyl (C=O) groups is 1. The molecule has 1 aliphatic rings. The first-order valence-electron chi connectivity index (χ1n) is 7.20. The van der Waals surface area contributed by atoms with Crippen molar-refractivity contribution in [1.29, 1.82) is 0 Å². The Balaban J connectivity index is 1.87. The first-order valence-corrected chi connectivity index (χ1v) is 8.14. The fourth-order valence-corrected chi connectivity index (χ4v) is 3.46. The third-order valence-corrected chi connectivity index (χ3v) is 4.68. The van der Waals surface area contributed by atoms with Crippen LogP contribution in [0.3, 0.4) is 0 Å². The molecule has 0 fully saturated rings. The highest BCUT2D eigenvalue weighted by Crippen LogP contribution is 2.28. The summed E-state index contributed by atoms with van der Waals surface area (Å²) in [5, 5.41) is 4.21. The highest BCUT2D eigenvalue weighted by molar-refractivity contribution is 7.08. The van der Waals surface area contributed by atoms with Gasteiger partial charge in [-0.15, -0.1) is 0 Å². The average Bonchev–Trinajstić information content (AvgIpc) is 2.99. The van der Waals surface area contributed by atoms with Crippen molar-refractivity contribution >= 4 is 23.2 Å². The largest absolute Gasteiger partial charge is 0.369 e. The van der Waals surface area contributed by atoms with Crippen LogP contribution >= 0.6 is 11.3 Å². The van der Waals surface area contributed by atoms with Gasteiger partial charge in [-0.1, -0.05) is 24.3 Å². The molecule has 1 aromatic heterocycles. The van der Waals surface area contributed by atoms with E-state index in [2.05, 4.69) is 46.1 Å². The molecule has 0 unspecified atom stereocenters. The summed E-state index contributed by atoms with van der Waals surface area (Å²) in [6.07, 6.45) is 1.08. The molecule has 0 radical (unpaired) electrons. The number of nitrogens with zero attached hydrogens (tertiary/aromatic N) is 2. The summed E-state index contributed by atoms with van der Waals surface area (Å²) in [7, 11) is 1.66. The molecule has 22 heavy (non-hydrogen) atoms. The van der Waals surface area contributed by atoms with Gasteiger partial charge in [-0.25, -0.2) is 4.99 Å². The molecular formula is C17H19N3OS. The molecule has 0 aliphatic carbocycles. The molecule has 0 saturated carbocycles. The van der Waals surface area contributed by atoms with Crippen LogP contribution in [0.5, 0.6) is 0 Å². The van der Waals surface area contributed by atoms with Crippen molar-refractivity contribution in [2.45, 2.75) is 25.3 Å². The highest BCUT2D eigenvalue weighted by Gasteiger charge is 2.34. The second-order valence-corrected chi connectivity index (χ2v) is 6.77. The number of rotatable bonds is 3. The van der Waals surface area contributed by atoms with Crippen molar-refractivity contribution in [3.8, 4) is 11.1 Å². The molecule has 2 aromatic rings. The number of nitrogens with two attached hydrogens (primary N) is 1. The monoisotopic (exact) mass is 313 g/mol. The molecule has 3 rings (SSSR count). The van der Waals surface area contributed by atoms with Crippen LogP contribution in [0, 0.1) is 0 Å². The SMILES string of the molecule is CN1C(=O)C[C@@](C)(Cc2cccc(-c3ccsc3)c2)N=C1N. The van der Waals surface area contributed by atoms with E-state index in [-0.39, 0.29) is 5.91 Å². The lowest BCUT2D eigenvalue weighted by atomic mass is 9.88. The highest BCUT2D eigenvalue weighted by atomic mass is 32.1. The van der Waals surface area contributed by atoms with Gasteiger partial charge >= 0.3 is 0 Å². The van der Waals surface area contributed by atoms with Crippen molar-refractivity contribution in [1.82, 2.24) is 4.90 Å². The minimum atomic E-state index is -0.471. The third-order valence-electron chi connectivity index (χ3n) is 4.00. The van der Waals surface area contributed by atoms with E-state index in [0.717, 1.165) is 0 Å². The first-order chi connectivity index (χ1) is 10.5. The van der Waals surface area contributed by atoms with Gasteiger partial charge in [-0.3, -0.25) is 9.69 Å². The van der Waals surface area contributed by atoms with Gasteiger partial charge < -0.3 is 5.73 Å². The topological polar surface area (TPSA) is 58.7 Å². The second kappa shape index (κ2) is 5.57. The Morgan fingerprint density at radius 3 is 2.86 bits per heavy atom. The van der Waals surface area contributed by atoms with Crippen molar-refractivity contribution in [3.63, 3.8) is 0 Å². The van der Waals surface area contributed by atoms with E-state index in [9.17, 15) is 4.79 Å². The van der Waals surface area contributed by atoms with Crippen molar-refractivity contribution in [3.05, 3.63) is 46.7 Å². The minimum absolute atomic E-state index is 0.0176. The van der Waals surface area contributed by atoms with Gasteiger partial charge in [0.25, 0.3) is 0 Å². The number of thiophene rings is 1. The number of amides is 1. The van der Waals surface area contributed by atoms with Crippen LogP contribution in [0.1, 0.15) is 18.9 Å². The number of guanidine groups is 1. The van der Waals surface area contributed by atoms with Crippen molar-refractivity contribution < 1.29 is 4.79 Å². The zero-order chi connectivity index (χ0) is 15.7. The predicted octanol–water partition coefficient (Wildman–Crippen LogP) is 2.89. The van der Waals surface area contributed by atoms with E-state index in [4.69, 9.17) is 5.73 Å². The van der Waals surface area contributed by atoms with Gasteiger partial charge in [-0.2, -0.15) is 11.3 Å². The summed E-state index contributed by atoms with van der Waals surface area (Å²) in [4.78, 5) is 18.0. The van der Waals surface area contributed by atoms with E-state index >= 15 is 0 Å². The number of carbonyl (C=O) groups excluding carboxylic acids is 1. The standard InChI is InChI=1S/C17H19N3OS/c1-17(10-15(21)20(2)16(18)19-17)9-12-4-3-5-13(8-12)14-6-7-22-11-14/h3-8,11H,9-10H2,1-2H3,(H2,18,19)/t17-/m1/s1. The molecule has 4 nitrogen and oxygen atoms in total. The van der Waals surface area contributed by atoms with Crippen LogP contribution < -0.4 is 5.73 Å². The maximum Gasteiger partial charge on any atom is 0.231 e. The molecule has 0 saturated heterocycles. The van der Waals surface area contributed by atoms with E-state index in [1.54, 1.807) is 18.4 Å². The first kappa shape index (κ1) is 14.8. The molecule has 0 bridgehead atoms. The van der Waals surface area contributed by atoms with Crippen LogP contribution in [0.4, 0.5) is 0 Å². The summed E-state index contributed by atoms with van der Waals surface area (Å²) in [6, 6.07) is 10.5. The fourth-order valence-electron chi connectivity index (χ4n) is 2.79. The third kappa shape index (κ3) is 2.90. The second-order valence-electron chi connectivity index (χ2n) is 5.99. The van der Waals surface area contributed by atoms with Crippen LogP contribution in [0.15, 0.2) is 46.1 Å². The zero-order valence-corrected chi connectivity index (χ0v) is 13.6. The molecule has 1 aliphatic heterocycles. The maximum atomic E-state index is 12.0. The average molecular weight is 313 g/mol. The summed E-state index contributed by atoms with van der Waals surface area (Å²) in [6.45, 7) is 1.99. The number of benzene rings is 1. The smallest absolute Gasteiger partial charge is 0.231 e. The van der Waals surface area contributed by atoms with Gasteiger partial charge in [0.15, 0.2) is 5.96 Å². The molecule has 1 aromatic carbocycles. The van der Waals surface area contributed by atoms with Gasteiger partial charge in [-0.05, 0) is 46.9 Å². The summed E-state index contributed by atoms with van der Waals surface area (Å²) < 4.78 is 0. The predicted molar refractivity (Wildman–Crippen MR) is 90.9 cm³/mol. The van der Waals surface area contributed by atoms with Crippen molar-refractivity contribution in [2.24, 2.45) is 10.7 Å². The minimum Gasteiger partial charge on any atom is -0.369 e. The lowest BCUT2D eigenvalue weighted by Gasteiger charge is -2.33. The molecule has 2 heterocycles. The zero-order valence-electron chi connectivity index (χ0n) is 12.7. The number of hydrogen-bond acceptors (Lipinski definition) is 4. The van der Waals surface area contributed by atoms with Gasteiger partial charge in [0.05, 0.1) is 12.0 Å². The summed E-state index contributed by atoms with van der Waals surface area (Å²) >= 11 is 1.69. The Morgan fingerprint density at radius 2 is 2.18 bits per heavy atom. The van der Waals surface area contributed by atoms with Crippen LogP contribution in [-0.4, -0.2) is 29.4 Å². The molecular weight excluding hydrogens is 294 g/mol. The fraction of sp³-hybridized carbons (Fsp3) is 0.294. The molecule has 5 heteroatoms. The van der Waals surface area contributed by atoms with Crippen LogP contribution in [0.25, 0.3) is 11.1 Å². The van der Waals surface area contributed by atoms with E-state index in [1.807, 2.05) is 6.92 Å². The quantitative estimate of drug-likeness (QED) is 0.947. The van der Waals surface area contributed by atoms with Crippen molar-refractivity contribution in [2.75, 3.05) is 7.05 Å². The Bertz CT molecular complexity index is 723. The normalized spacial score (nSPS) is 21.8. The maximum absolute atomic E-state index is 12.0. The molecule has 0 spiro atoms. The molecule has 2 N–H and O–H groups in total. The Labute approximate surface area is 134 Å². The summed E-state index contributed by atoms with van der Waals surface area (Å²) in [5.41, 5.74) is 8.97. The number of hydrogen-bond donors (Lipinski definition) is 1. The van der Waals surface area contributed by atoms with E-state index < -0.39 is 5.54 Å². The molecule has 1 atom stereocenters. The Hall–Kier alpha value is -2.14. The van der Waals surface area contributed by atoms with E-state index in [1.165, 1.54) is 21.6 Å². The Morgan fingerprint density at radius 1 is 1.36 bits per heavy atom. The number of aliphatic imine (C=N–C) groups is 1. The van der Waals surface area contributed by atoms with Gasteiger partial charge in [0, 0.05) is 7.05 Å². The van der Waals surface area contributed by atoms with Gasteiger partial charge in [0.1, 0.15) is 0 Å². The Kier molecular flexibility index (Phi) is 3.74. The van der Waals surface area contributed by atoms with Crippen LogP contribution in [-0.2, 0) is 11.2 Å². The lowest BCUT2D eigenvalue weighted by Crippen LogP contribution is -2.49. The van der Waals surface area contributed by atoms with Crippen LogP contribution in [0.2, 0.25) is 0 Å². The summed E-state index contributed by atoms with van der Waals surface area (Å²) in [5.74, 6) is 0.316.